The lowest BCUT2D eigenvalue weighted by molar-refractivity contribution is 0.0628. The Morgan fingerprint density at radius 3 is 2.33 bits per heavy atom. The Kier molecular flexibility index (Phi) is 6.86. The van der Waals surface area contributed by atoms with Crippen molar-refractivity contribution in [2.75, 3.05) is 38.2 Å². The quantitative estimate of drug-likeness (QED) is 0.781. The van der Waals surface area contributed by atoms with Gasteiger partial charge in [-0.05, 0) is 35.9 Å². The number of sulfone groups is 1. The third-order valence-corrected chi connectivity index (χ3v) is 5.64. The first-order valence-corrected chi connectivity index (χ1v) is 10.4. The number of carbonyl (C=O) groups is 1. The molecule has 0 aliphatic carbocycles. The molecular formula is C19H24ClN3O3S. The van der Waals surface area contributed by atoms with E-state index in [9.17, 15) is 13.2 Å². The van der Waals surface area contributed by atoms with Crippen LogP contribution >= 0.6 is 12.4 Å². The first-order valence-electron chi connectivity index (χ1n) is 8.49. The highest BCUT2D eigenvalue weighted by Gasteiger charge is 2.23. The highest BCUT2D eigenvalue weighted by atomic mass is 35.5. The number of nitrogens with zero attached hydrogens (tertiary/aromatic N) is 2. The number of nitrogens with two attached hydrogens (primary N) is 1. The van der Waals surface area contributed by atoms with Crippen LogP contribution in [0.5, 0.6) is 0 Å². The predicted octanol–water partition coefficient (Wildman–Crippen LogP) is 2.05. The first kappa shape index (κ1) is 21.2. The van der Waals surface area contributed by atoms with Gasteiger partial charge in [-0.1, -0.05) is 18.2 Å². The van der Waals surface area contributed by atoms with Crippen molar-refractivity contribution < 1.29 is 13.2 Å². The average molecular weight is 410 g/mol. The molecule has 1 fully saturated rings. The zero-order valence-corrected chi connectivity index (χ0v) is 16.8. The lowest BCUT2D eigenvalue weighted by Gasteiger charge is -2.34. The largest absolute Gasteiger partial charge is 0.399 e. The van der Waals surface area contributed by atoms with Gasteiger partial charge in [0.25, 0.3) is 5.91 Å². The van der Waals surface area contributed by atoms with Gasteiger partial charge < -0.3 is 10.6 Å². The topological polar surface area (TPSA) is 83.7 Å². The third kappa shape index (κ3) is 5.45. The van der Waals surface area contributed by atoms with Gasteiger partial charge in [-0.25, -0.2) is 8.42 Å². The molecule has 0 saturated carbocycles. The fraction of sp³-hybridized carbons (Fsp3) is 0.316. The second-order valence-electron chi connectivity index (χ2n) is 6.61. The molecule has 0 spiro atoms. The highest BCUT2D eigenvalue weighted by Crippen LogP contribution is 2.16. The van der Waals surface area contributed by atoms with Crippen molar-refractivity contribution in [1.82, 2.24) is 9.80 Å². The van der Waals surface area contributed by atoms with E-state index in [1.165, 1.54) is 12.1 Å². The van der Waals surface area contributed by atoms with E-state index in [0.29, 0.717) is 18.7 Å². The van der Waals surface area contributed by atoms with Crippen LogP contribution in [0.2, 0.25) is 0 Å². The molecule has 27 heavy (non-hydrogen) atoms. The number of piperazine rings is 1. The molecule has 0 radical (unpaired) electrons. The molecule has 2 aromatic carbocycles. The van der Waals surface area contributed by atoms with Crippen LogP contribution in [-0.4, -0.2) is 56.6 Å². The Morgan fingerprint density at radius 1 is 1.04 bits per heavy atom. The van der Waals surface area contributed by atoms with Gasteiger partial charge in [0, 0.05) is 50.2 Å². The van der Waals surface area contributed by atoms with Gasteiger partial charge in [0.1, 0.15) is 0 Å². The van der Waals surface area contributed by atoms with Crippen LogP contribution in [-0.2, 0) is 16.4 Å². The van der Waals surface area contributed by atoms with E-state index in [1.54, 1.807) is 17.0 Å². The minimum Gasteiger partial charge on any atom is -0.399 e. The molecule has 1 aliphatic rings. The Morgan fingerprint density at radius 2 is 1.70 bits per heavy atom. The summed E-state index contributed by atoms with van der Waals surface area (Å²) in [5.41, 5.74) is 8.14. The summed E-state index contributed by atoms with van der Waals surface area (Å²) in [5, 5.41) is 0. The number of amides is 1. The van der Waals surface area contributed by atoms with Crippen molar-refractivity contribution in [1.29, 1.82) is 0 Å². The van der Waals surface area contributed by atoms with Crippen LogP contribution in [0.15, 0.2) is 53.4 Å². The summed E-state index contributed by atoms with van der Waals surface area (Å²) in [7, 11) is -3.33. The lowest BCUT2D eigenvalue weighted by Crippen LogP contribution is -2.48. The molecule has 146 valence electrons. The van der Waals surface area contributed by atoms with Crippen molar-refractivity contribution in [3.8, 4) is 0 Å². The summed E-state index contributed by atoms with van der Waals surface area (Å²) in [4.78, 5) is 16.9. The number of hydrogen-bond acceptors (Lipinski definition) is 5. The van der Waals surface area contributed by atoms with E-state index < -0.39 is 9.84 Å². The smallest absolute Gasteiger partial charge is 0.253 e. The van der Waals surface area contributed by atoms with Crippen molar-refractivity contribution in [2.24, 2.45) is 0 Å². The number of anilines is 1. The summed E-state index contributed by atoms with van der Waals surface area (Å²) in [5.74, 6) is -0.126. The number of benzene rings is 2. The first-order chi connectivity index (χ1) is 12.3. The molecule has 0 unspecified atom stereocenters. The molecule has 0 aromatic heterocycles. The van der Waals surface area contributed by atoms with Crippen LogP contribution < -0.4 is 5.73 Å². The molecule has 1 heterocycles. The third-order valence-electron chi connectivity index (χ3n) is 4.53. The number of hydrogen-bond donors (Lipinski definition) is 1. The molecule has 8 heteroatoms. The Labute approximate surface area is 166 Å². The molecular weight excluding hydrogens is 386 g/mol. The molecule has 1 saturated heterocycles. The molecule has 3 rings (SSSR count). The van der Waals surface area contributed by atoms with Gasteiger partial charge in [-0.3, -0.25) is 9.69 Å². The van der Waals surface area contributed by atoms with Crippen molar-refractivity contribution in [3.63, 3.8) is 0 Å². The fourth-order valence-electron chi connectivity index (χ4n) is 3.10. The van der Waals surface area contributed by atoms with E-state index in [1.807, 2.05) is 24.3 Å². The zero-order chi connectivity index (χ0) is 18.7. The Hall–Kier alpha value is -2.09. The van der Waals surface area contributed by atoms with E-state index in [2.05, 4.69) is 4.90 Å². The van der Waals surface area contributed by atoms with Gasteiger partial charge in [-0.15, -0.1) is 12.4 Å². The van der Waals surface area contributed by atoms with Gasteiger partial charge in [0.05, 0.1) is 4.90 Å². The predicted molar refractivity (Wildman–Crippen MR) is 109 cm³/mol. The summed E-state index contributed by atoms with van der Waals surface area (Å²) in [6.07, 6.45) is 1.14. The van der Waals surface area contributed by atoms with E-state index >= 15 is 0 Å². The molecule has 1 aliphatic heterocycles. The standard InChI is InChI=1S/C19H23N3O3S.ClH/c1-26(24,25)18-7-3-5-16(13-18)19(23)22-10-8-21(9-11-22)14-15-4-2-6-17(20)12-15;/h2-7,12-13H,8-11,14,20H2,1H3;1H. The number of nitrogen functional groups attached to an aromatic ring is 1. The Bertz CT molecular complexity index is 910. The van der Waals surface area contributed by atoms with Gasteiger partial charge in [-0.2, -0.15) is 0 Å². The zero-order valence-electron chi connectivity index (χ0n) is 15.2. The maximum absolute atomic E-state index is 12.7. The summed E-state index contributed by atoms with van der Waals surface area (Å²) in [6, 6.07) is 14.1. The van der Waals surface area contributed by atoms with Gasteiger partial charge >= 0.3 is 0 Å². The second-order valence-corrected chi connectivity index (χ2v) is 8.63. The number of carbonyl (C=O) groups excluding carboxylic acids is 1. The van der Waals surface area contributed by atoms with Crippen molar-refractivity contribution in [3.05, 3.63) is 59.7 Å². The van der Waals surface area contributed by atoms with Crippen LogP contribution in [0.1, 0.15) is 15.9 Å². The van der Waals surface area contributed by atoms with Crippen molar-refractivity contribution in [2.45, 2.75) is 11.4 Å². The van der Waals surface area contributed by atoms with E-state index in [4.69, 9.17) is 5.73 Å². The minimum absolute atomic E-state index is 0. The highest BCUT2D eigenvalue weighted by molar-refractivity contribution is 7.90. The number of halogens is 1. The second kappa shape index (κ2) is 8.73. The average Bonchev–Trinajstić information content (AvgIpc) is 2.61. The maximum Gasteiger partial charge on any atom is 0.253 e. The van der Waals surface area contributed by atoms with Crippen molar-refractivity contribution >= 4 is 33.8 Å². The van der Waals surface area contributed by atoms with Crippen LogP contribution in [0.4, 0.5) is 5.69 Å². The van der Waals surface area contributed by atoms with Gasteiger partial charge in [0.2, 0.25) is 0 Å². The molecule has 2 aromatic rings. The SMILES string of the molecule is CS(=O)(=O)c1cccc(C(=O)N2CCN(Cc3cccc(N)c3)CC2)c1.Cl. The summed E-state index contributed by atoms with van der Waals surface area (Å²) in [6.45, 7) is 3.57. The molecule has 0 bridgehead atoms. The lowest BCUT2D eigenvalue weighted by atomic mass is 10.1. The molecule has 0 atom stereocenters. The van der Waals surface area contributed by atoms with Crippen LogP contribution in [0, 0.1) is 0 Å². The normalized spacial score (nSPS) is 15.2. The molecule has 1 amide bonds. The summed E-state index contributed by atoms with van der Waals surface area (Å²) < 4.78 is 23.4. The maximum atomic E-state index is 12.7. The molecule has 6 nitrogen and oxygen atoms in total. The minimum atomic E-state index is -3.33. The van der Waals surface area contributed by atoms with Crippen LogP contribution in [0.3, 0.4) is 0 Å². The fourth-order valence-corrected chi connectivity index (χ4v) is 3.77. The van der Waals surface area contributed by atoms with Gasteiger partial charge in [0.15, 0.2) is 9.84 Å². The van der Waals surface area contributed by atoms with Crippen LogP contribution in [0.25, 0.3) is 0 Å². The van der Waals surface area contributed by atoms with E-state index in [-0.39, 0.29) is 23.2 Å². The van der Waals surface area contributed by atoms with E-state index in [0.717, 1.165) is 37.1 Å². The Balaban J connectivity index is 0.00000261. The number of rotatable bonds is 4. The summed E-state index contributed by atoms with van der Waals surface area (Å²) >= 11 is 0. The molecule has 2 N–H and O–H groups in total. The monoisotopic (exact) mass is 409 g/mol.